The van der Waals surface area contributed by atoms with Crippen molar-refractivity contribution in [2.45, 2.75) is 19.2 Å². The number of rotatable bonds is 5. The average molecular weight is 412 g/mol. The Hall–Kier alpha value is -3.64. The molecule has 156 valence electrons. The van der Waals surface area contributed by atoms with Gasteiger partial charge in [-0.1, -0.05) is 60.7 Å². The summed E-state index contributed by atoms with van der Waals surface area (Å²) in [5, 5.41) is 2.99. The van der Waals surface area contributed by atoms with Crippen LogP contribution in [-0.2, 0) is 17.9 Å². The summed E-state index contributed by atoms with van der Waals surface area (Å²) in [6.07, 6.45) is -0.131. The molecule has 0 spiro atoms. The minimum absolute atomic E-state index is 0.0355. The van der Waals surface area contributed by atoms with Gasteiger partial charge in [0.2, 0.25) is 5.91 Å². The third-order valence-corrected chi connectivity index (χ3v) is 5.49. The van der Waals surface area contributed by atoms with E-state index in [0.29, 0.717) is 26.2 Å². The van der Waals surface area contributed by atoms with E-state index in [0.717, 1.165) is 33.7 Å². The Morgan fingerprint density at radius 2 is 1.81 bits per heavy atom. The van der Waals surface area contributed by atoms with Gasteiger partial charge < -0.3 is 15.0 Å². The Kier molecular flexibility index (Phi) is 5.37. The van der Waals surface area contributed by atoms with E-state index < -0.39 is 0 Å². The molecule has 2 N–H and O–H groups in total. The number of imidazole rings is 1. The summed E-state index contributed by atoms with van der Waals surface area (Å²) in [4.78, 5) is 22.6. The first kappa shape index (κ1) is 19.3. The molecule has 1 amide bonds. The summed E-state index contributed by atoms with van der Waals surface area (Å²) < 4.78 is 6.33. The maximum absolute atomic E-state index is 12.7. The third kappa shape index (κ3) is 4.44. The van der Waals surface area contributed by atoms with Crippen molar-refractivity contribution in [1.82, 2.24) is 20.2 Å². The van der Waals surface area contributed by atoms with Gasteiger partial charge in [0.25, 0.3) is 0 Å². The van der Waals surface area contributed by atoms with E-state index in [1.54, 1.807) is 0 Å². The van der Waals surface area contributed by atoms with E-state index in [2.05, 4.69) is 38.4 Å². The Labute approximate surface area is 180 Å². The molecular formula is C25H24N4O2. The van der Waals surface area contributed by atoms with Gasteiger partial charge in [0.15, 0.2) is 0 Å². The number of hydrogen-bond donors (Lipinski definition) is 2. The summed E-state index contributed by atoms with van der Waals surface area (Å²) >= 11 is 0. The Morgan fingerprint density at radius 1 is 1.03 bits per heavy atom. The second-order valence-electron chi connectivity index (χ2n) is 7.77. The zero-order valence-corrected chi connectivity index (χ0v) is 17.1. The van der Waals surface area contributed by atoms with Gasteiger partial charge in [-0.25, -0.2) is 4.98 Å². The van der Waals surface area contributed by atoms with E-state index in [1.165, 1.54) is 0 Å². The third-order valence-electron chi connectivity index (χ3n) is 5.49. The molecular weight excluding hydrogens is 388 g/mol. The zero-order valence-electron chi connectivity index (χ0n) is 17.1. The quantitative estimate of drug-likeness (QED) is 0.523. The van der Waals surface area contributed by atoms with Crippen molar-refractivity contribution in [3.05, 3.63) is 95.8 Å². The summed E-state index contributed by atoms with van der Waals surface area (Å²) in [6, 6.07) is 26.1. The number of benzene rings is 3. The van der Waals surface area contributed by atoms with E-state index in [4.69, 9.17) is 4.74 Å². The van der Waals surface area contributed by atoms with Crippen LogP contribution < -0.4 is 10.1 Å². The molecule has 0 saturated carbocycles. The Balaban J connectivity index is 1.28. The lowest BCUT2D eigenvalue weighted by Crippen LogP contribution is -2.38. The molecule has 0 saturated heterocycles. The standard InChI is InChI=1S/C25H24N4O2/c30-25(26-14-24-27-20-11-5-6-12-21(20)28-24)17-29-15-19-10-4-7-13-22(19)31-23(16-29)18-8-2-1-3-9-18/h1-13,23H,14-17H2,(H,26,30)(H,27,28). The number of H-pyrrole nitrogens is 1. The lowest BCUT2D eigenvalue weighted by molar-refractivity contribution is -0.122. The van der Waals surface area contributed by atoms with Gasteiger partial charge in [0.1, 0.15) is 17.7 Å². The van der Waals surface area contributed by atoms with Gasteiger partial charge in [0.05, 0.1) is 24.1 Å². The molecule has 0 radical (unpaired) electrons. The zero-order chi connectivity index (χ0) is 21.0. The van der Waals surface area contributed by atoms with Crippen LogP contribution in [-0.4, -0.2) is 33.9 Å². The van der Waals surface area contributed by atoms with Crippen LogP contribution in [0.4, 0.5) is 0 Å². The fourth-order valence-corrected chi connectivity index (χ4v) is 3.97. The van der Waals surface area contributed by atoms with Crippen molar-refractivity contribution >= 4 is 16.9 Å². The van der Waals surface area contributed by atoms with Gasteiger partial charge in [-0.05, 0) is 23.8 Å². The van der Waals surface area contributed by atoms with Crippen LogP contribution in [0.1, 0.15) is 23.1 Å². The van der Waals surface area contributed by atoms with Crippen LogP contribution >= 0.6 is 0 Å². The molecule has 1 atom stereocenters. The van der Waals surface area contributed by atoms with Crippen molar-refractivity contribution < 1.29 is 9.53 Å². The maximum Gasteiger partial charge on any atom is 0.234 e. The minimum Gasteiger partial charge on any atom is -0.484 e. The normalized spacial score (nSPS) is 16.3. The molecule has 1 aliphatic rings. The van der Waals surface area contributed by atoms with Crippen molar-refractivity contribution in [1.29, 1.82) is 0 Å². The molecule has 31 heavy (non-hydrogen) atoms. The number of para-hydroxylation sites is 3. The van der Waals surface area contributed by atoms with Crippen LogP contribution in [0.3, 0.4) is 0 Å². The maximum atomic E-state index is 12.7. The highest BCUT2D eigenvalue weighted by Gasteiger charge is 2.25. The predicted molar refractivity (Wildman–Crippen MR) is 119 cm³/mol. The molecule has 0 bridgehead atoms. The number of carbonyl (C=O) groups is 1. The lowest BCUT2D eigenvalue weighted by atomic mass is 10.1. The number of carbonyl (C=O) groups excluding carboxylic acids is 1. The molecule has 0 aliphatic carbocycles. The van der Waals surface area contributed by atoms with Gasteiger partial charge in [-0.2, -0.15) is 0 Å². The molecule has 2 heterocycles. The summed E-state index contributed by atoms with van der Waals surface area (Å²) in [6.45, 7) is 1.96. The number of amides is 1. The SMILES string of the molecule is O=C(CN1Cc2ccccc2OC(c2ccccc2)C1)NCc1nc2ccccc2[nH]1. The molecule has 3 aromatic carbocycles. The Morgan fingerprint density at radius 3 is 2.68 bits per heavy atom. The highest BCUT2D eigenvalue weighted by molar-refractivity contribution is 5.78. The summed E-state index contributed by atoms with van der Waals surface area (Å²) in [5.74, 6) is 1.59. The van der Waals surface area contributed by atoms with Gasteiger partial charge in [-0.3, -0.25) is 9.69 Å². The van der Waals surface area contributed by atoms with Crippen LogP contribution in [0, 0.1) is 0 Å². The number of nitrogens with zero attached hydrogens (tertiary/aromatic N) is 2. The number of fused-ring (bicyclic) bond motifs is 2. The van der Waals surface area contributed by atoms with Crippen molar-refractivity contribution in [2.75, 3.05) is 13.1 Å². The highest BCUT2D eigenvalue weighted by Crippen LogP contribution is 2.30. The van der Waals surface area contributed by atoms with E-state index >= 15 is 0 Å². The first-order valence-corrected chi connectivity index (χ1v) is 10.5. The lowest BCUT2D eigenvalue weighted by Gasteiger charge is -2.23. The number of aromatic nitrogens is 2. The number of hydrogen-bond acceptors (Lipinski definition) is 4. The fraction of sp³-hybridized carbons (Fsp3) is 0.200. The second kappa shape index (κ2) is 8.62. The molecule has 6 heteroatoms. The first-order chi connectivity index (χ1) is 15.2. The monoisotopic (exact) mass is 412 g/mol. The van der Waals surface area contributed by atoms with E-state index in [-0.39, 0.29) is 12.0 Å². The first-order valence-electron chi connectivity index (χ1n) is 10.5. The van der Waals surface area contributed by atoms with E-state index in [1.807, 2.05) is 60.7 Å². The van der Waals surface area contributed by atoms with Crippen LogP contribution in [0.25, 0.3) is 11.0 Å². The average Bonchev–Trinajstić information content (AvgIpc) is 3.13. The predicted octanol–water partition coefficient (Wildman–Crippen LogP) is 3.82. The number of nitrogens with one attached hydrogen (secondary N) is 2. The van der Waals surface area contributed by atoms with Crippen molar-refractivity contribution in [3.8, 4) is 5.75 Å². The molecule has 0 fully saturated rings. The highest BCUT2D eigenvalue weighted by atomic mass is 16.5. The molecule has 1 aliphatic heterocycles. The van der Waals surface area contributed by atoms with Gasteiger partial charge in [0, 0.05) is 18.7 Å². The van der Waals surface area contributed by atoms with Crippen molar-refractivity contribution in [2.24, 2.45) is 0 Å². The number of ether oxygens (including phenoxy) is 1. The van der Waals surface area contributed by atoms with Crippen LogP contribution in [0.5, 0.6) is 5.75 Å². The smallest absolute Gasteiger partial charge is 0.234 e. The molecule has 1 unspecified atom stereocenters. The molecule has 1 aromatic heterocycles. The van der Waals surface area contributed by atoms with Crippen molar-refractivity contribution in [3.63, 3.8) is 0 Å². The largest absolute Gasteiger partial charge is 0.484 e. The Bertz CT molecular complexity index is 1160. The molecule has 6 nitrogen and oxygen atoms in total. The van der Waals surface area contributed by atoms with Gasteiger partial charge in [-0.15, -0.1) is 0 Å². The molecule has 4 aromatic rings. The van der Waals surface area contributed by atoms with Gasteiger partial charge >= 0.3 is 0 Å². The van der Waals surface area contributed by atoms with E-state index in [9.17, 15) is 4.79 Å². The minimum atomic E-state index is -0.131. The number of aromatic amines is 1. The fourth-order valence-electron chi connectivity index (χ4n) is 3.97. The second-order valence-corrected chi connectivity index (χ2v) is 7.77. The topological polar surface area (TPSA) is 70.2 Å². The summed E-state index contributed by atoms with van der Waals surface area (Å²) in [5.41, 5.74) is 4.07. The molecule has 5 rings (SSSR count). The summed E-state index contributed by atoms with van der Waals surface area (Å²) in [7, 11) is 0. The van der Waals surface area contributed by atoms with Crippen LogP contribution in [0.15, 0.2) is 78.9 Å². The van der Waals surface area contributed by atoms with Crippen LogP contribution in [0.2, 0.25) is 0 Å².